The number of aliphatic hydroxyl groups is 1. The molecule has 0 unspecified atom stereocenters. The van der Waals surface area contributed by atoms with Crippen LogP contribution in [0.4, 0.5) is 13.2 Å². The number of aromatic nitrogens is 1. The predicted molar refractivity (Wildman–Crippen MR) is 118 cm³/mol. The van der Waals surface area contributed by atoms with Gasteiger partial charge in [-0.3, -0.25) is 14.6 Å². The van der Waals surface area contributed by atoms with E-state index in [4.69, 9.17) is 14.2 Å². The van der Waals surface area contributed by atoms with Crippen molar-refractivity contribution >= 4 is 11.8 Å². The number of nitrogens with zero attached hydrogens (tertiary/aromatic N) is 1. The number of alkyl halides is 3. The van der Waals surface area contributed by atoms with Gasteiger partial charge < -0.3 is 19.3 Å². The third kappa shape index (κ3) is 3.00. The number of fused-ring (bicyclic) bond motifs is 3. The molecule has 1 saturated carbocycles. The molecule has 2 aromatic carbocycles. The molecular weight excluding hydrogens is 479 g/mol. The summed E-state index contributed by atoms with van der Waals surface area (Å²) in [7, 11) is 2.42. The van der Waals surface area contributed by atoms with Gasteiger partial charge in [0.25, 0.3) is 0 Å². The molecule has 4 atom stereocenters. The van der Waals surface area contributed by atoms with Gasteiger partial charge in [-0.2, -0.15) is 13.2 Å². The van der Waals surface area contributed by atoms with E-state index in [2.05, 4.69) is 4.98 Å². The van der Waals surface area contributed by atoms with E-state index in [-0.39, 0.29) is 22.6 Å². The SMILES string of the molecule is COC(=O)[C@H]1C(=O)[C@@]2(O)c3c(OC)cncc3O[C@@]2(c2ccc(C(F)(F)F)cc2)[C@@H]1c1ccccc1. The van der Waals surface area contributed by atoms with Gasteiger partial charge in [0.05, 0.1) is 43.7 Å². The van der Waals surface area contributed by atoms with Crippen molar-refractivity contribution in [2.24, 2.45) is 5.92 Å². The Bertz CT molecular complexity index is 1340. The maximum atomic E-state index is 14.0. The molecule has 1 fully saturated rings. The van der Waals surface area contributed by atoms with Crippen LogP contribution in [0.15, 0.2) is 67.0 Å². The van der Waals surface area contributed by atoms with Gasteiger partial charge in [-0.25, -0.2) is 0 Å². The largest absolute Gasteiger partial charge is 0.495 e. The summed E-state index contributed by atoms with van der Waals surface area (Å²) in [5.74, 6) is -4.51. The van der Waals surface area contributed by atoms with Crippen LogP contribution in [0.5, 0.6) is 11.5 Å². The smallest absolute Gasteiger partial charge is 0.416 e. The van der Waals surface area contributed by atoms with Crippen LogP contribution < -0.4 is 9.47 Å². The molecule has 5 rings (SSSR count). The van der Waals surface area contributed by atoms with Crippen molar-refractivity contribution in [1.29, 1.82) is 0 Å². The second kappa shape index (κ2) is 8.06. The Labute approximate surface area is 203 Å². The van der Waals surface area contributed by atoms with Crippen molar-refractivity contribution in [3.05, 3.63) is 89.2 Å². The summed E-state index contributed by atoms with van der Waals surface area (Å²) in [6.07, 6.45) is -2.06. The van der Waals surface area contributed by atoms with E-state index in [1.807, 2.05) is 0 Å². The second-order valence-corrected chi connectivity index (χ2v) is 8.59. The number of rotatable bonds is 4. The van der Waals surface area contributed by atoms with Crippen molar-refractivity contribution in [2.75, 3.05) is 14.2 Å². The fourth-order valence-electron chi connectivity index (χ4n) is 5.46. The molecule has 10 heteroatoms. The van der Waals surface area contributed by atoms with E-state index in [1.54, 1.807) is 30.3 Å². The first-order chi connectivity index (χ1) is 17.1. The number of ketones is 1. The van der Waals surface area contributed by atoms with E-state index in [0.29, 0.717) is 5.56 Å². The third-order valence-electron chi connectivity index (χ3n) is 6.93. The fraction of sp³-hybridized carbons (Fsp3) is 0.269. The minimum Gasteiger partial charge on any atom is -0.495 e. The van der Waals surface area contributed by atoms with Crippen LogP contribution in [-0.4, -0.2) is 36.1 Å². The normalized spacial score (nSPS) is 26.7. The third-order valence-corrected chi connectivity index (χ3v) is 6.93. The second-order valence-electron chi connectivity index (χ2n) is 8.59. The van der Waals surface area contributed by atoms with Gasteiger partial charge >= 0.3 is 12.1 Å². The zero-order valence-electron chi connectivity index (χ0n) is 19.1. The highest BCUT2D eigenvalue weighted by molar-refractivity contribution is 6.09. The summed E-state index contributed by atoms with van der Waals surface area (Å²) in [5, 5.41) is 12.3. The van der Waals surface area contributed by atoms with Crippen LogP contribution in [0.2, 0.25) is 0 Å². The number of hydrogen-bond acceptors (Lipinski definition) is 7. The Balaban J connectivity index is 1.87. The zero-order valence-corrected chi connectivity index (χ0v) is 19.1. The van der Waals surface area contributed by atoms with Crippen molar-refractivity contribution in [1.82, 2.24) is 4.98 Å². The first kappa shape index (κ1) is 23.8. The predicted octanol–water partition coefficient (Wildman–Crippen LogP) is 3.74. The summed E-state index contributed by atoms with van der Waals surface area (Å²) in [4.78, 5) is 31.1. The maximum Gasteiger partial charge on any atom is 0.416 e. The molecule has 0 spiro atoms. The molecule has 7 nitrogen and oxygen atoms in total. The van der Waals surface area contributed by atoms with Gasteiger partial charge in [-0.15, -0.1) is 0 Å². The topological polar surface area (TPSA) is 95.0 Å². The fourth-order valence-corrected chi connectivity index (χ4v) is 5.46. The number of benzene rings is 2. The number of carbonyl (C=O) groups excluding carboxylic acids is 2. The summed E-state index contributed by atoms with van der Waals surface area (Å²) in [5.41, 5.74) is -5.03. The minimum absolute atomic E-state index is 0.00865. The molecule has 2 aliphatic rings. The lowest BCUT2D eigenvalue weighted by molar-refractivity contribution is -0.155. The van der Waals surface area contributed by atoms with Crippen molar-refractivity contribution in [2.45, 2.75) is 23.3 Å². The number of halogens is 3. The van der Waals surface area contributed by atoms with Crippen molar-refractivity contribution < 1.29 is 42.1 Å². The molecule has 0 amide bonds. The summed E-state index contributed by atoms with van der Waals surface area (Å²) >= 11 is 0. The highest BCUT2D eigenvalue weighted by atomic mass is 19.4. The Morgan fingerprint density at radius 3 is 2.31 bits per heavy atom. The number of hydrogen-bond donors (Lipinski definition) is 1. The molecular formula is C26H20F3NO6. The standard InChI is InChI=1S/C26H20F3NO6/c1-34-17-12-30-13-18-21(17)24(33)22(31)19(23(32)35-2)20(14-6-4-3-5-7-14)25(24,36-18)15-8-10-16(11-9-15)26(27,28)29/h3-13,19-20,33H,1-2H3/t19-,20-,24+,25+/m1/s1. The number of methoxy groups -OCH3 is 2. The van der Waals surface area contributed by atoms with E-state index < -0.39 is 46.5 Å². The van der Waals surface area contributed by atoms with Gasteiger partial charge in [0.1, 0.15) is 17.4 Å². The number of ether oxygens (including phenoxy) is 3. The average molecular weight is 499 g/mol. The molecule has 1 aliphatic carbocycles. The number of esters is 1. The summed E-state index contributed by atoms with van der Waals surface area (Å²) in [6, 6.07) is 12.3. The summed E-state index contributed by atoms with van der Waals surface area (Å²) < 4.78 is 56.7. The lowest BCUT2D eigenvalue weighted by Gasteiger charge is -2.39. The number of Topliss-reactive ketones (excluding diaryl/α,β-unsaturated/α-hetero) is 1. The molecule has 1 N–H and O–H groups in total. The molecule has 0 bridgehead atoms. The van der Waals surface area contributed by atoms with Crippen molar-refractivity contribution in [3.8, 4) is 11.5 Å². The molecule has 36 heavy (non-hydrogen) atoms. The van der Waals surface area contributed by atoms with Gasteiger partial charge in [-0.1, -0.05) is 42.5 Å². The number of pyridine rings is 1. The Kier molecular flexibility index (Phi) is 5.33. The maximum absolute atomic E-state index is 14.0. The van der Waals surface area contributed by atoms with E-state index in [9.17, 15) is 27.9 Å². The summed E-state index contributed by atoms with van der Waals surface area (Å²) in [6.45, 7) is 0. The molecule has 1 aromatic heterocycles. The van der Waals surface area contributed by atoms with Gasteiger partial charge in [0, 0.05) is 0 Å². The zero-order chi connectivity index (χ0) is 25.9. The van der Waals surface area contributed by atoms with Crippen molar-refractivity contribution in [3.63, 3.8) is 0 Å². The average Bonchev–Trinajstić information content (AvgIpc) is 3.26. The quantitative estimate of drug-likeness (QED) is 0.432. The van der Waals surface area contributed by atoms with E-state index in [1.165, 1.54) is 19.5 Å². The Morgan fingerprint density at radius 1 is 1.06 bits per heavy atom. The highest BCUT2D eigenvalue weighted by Gasteiger charge is 2.78. The van der Waals surface area contributed by atoms with E-state index >= 15 is 0 Å². The van der Waals surface area contributed by atoms with Gasteiger partial charge in [-0.05, 0) is 23.3 Å². The molecule has 0 saturated heterocycles. The molecule has 3 aromatic rings. The van der Waals surface area contributed by atoms with E-state index in [0.717, 1.165) is 31.4 Å². The lowest BCUT2D eigenvalue weighted by Crippen LogP contribution is -2.50. The van der Waals surface area contributed by atoms with Crippen LogP contribution in [0.25, 0.3) is 0 Å². The van der Waals surface area contributed by atoms with Crippen LogP contribution in [0, 0.1) is 5.92 Å². The number of carbonyl (C=O) groups is 2. The monoisotopic (exact) mass is 499 g/mol. The van der Waals surface area contributed by atoms with Gasteiger partial charge in [0.15, 0.2) is 11.4 Å². The molecule has 1 aliphatic heterocycles. The minimum atomic E-state index is -4.61. The Morgan fingerprint density at radius 2 is 1.72 bits per heavy atom. The Hall–Kier alpha value is -3.92. The van der Waals surface area contributed by atoms with Crippen LogP contribution in [0.3, 0.4) is 0 Å². The first-order valence-corrected chi connectivity index (χ1v) is 10.9. The molecule has 0 radical (unpaired) electrons. The van der Waals surface area contributed by atoms with Gasteiger partial charge in [0.2, 0.25) is 5.60 Å². The lowest BCUT2D eigenvalue weighted by atomic mass is 9.70. The van der Waals surface area contributed by atoms with Crippen LogP contribution >= 0.6 is 0 Å². The highest BCUT2D eigenvalue weighted by Crippen LogP contribution is 2.68. The molecule has 186 valence electrons. The first-order valence-electron chi connectivity index (χ1n) is 10.9. The molecule has 2 heterocycles. The van der Waals surface area contributed by atoms with Crippen LogP contribution in [-0.2, 0) is 31.7 Å². The van der Waals surface area contributed by atoms with Crippen LogP contribution in [0.1, 0.15) is 28.2 Å².